The Balaban J connectivity index is 2.11. The summed E-state index contributed by atoms with van der Waals surface area (Å²) in [5.74, 6) is -4.94. The van der Waals surface area contributed by atoms with Crippen LogP contribution in [0.25, 0.3) is 0 Å². The summed E-state index contributed by atoms with van der Waals surface area (Å²) in [6.45, 7) is 1.34. The van der Waals surface area contributed by atoms with E-state index in [0.717, 1.165) is 6.07 Å². The zero-order chi connectivity index (χ0) is 16.2. The molecular formula is C14H14N2O6. The molecule has 2 amide bonds. The molecule has 1 aromatic rings. The van der Waals surface area contributed by atoms with Crippen LogP contribution in [-0.2, 0) is 14.4 Å². The lowest BCUT2D eigenvalue weighted by Crippen LogP contribution is -2.52. The first-order chi connectivity index (χ1) is 10.3. The summed E-state index contributed by atoms with van der Waals surface area (Å²) in [5, 5.41) is 33.7. The van der Waals surface area contributed by atoms with Gasteiger partial charge in [-0.3, -0.25) is 25.0 Å². The number of carbonyl (C=O) groups excluding carboxylic acids is 2. The van der Waals surface area contributed by atoms with E-state index in [1.54, 1.807) is 0 Å². The van der Waals surface area contributed by atoms with Gasteiger partial charge < -0.3 is 15.3 Å². The minimum Gasteiger partial charge on any atom is -0.508 e. The van der Waals surface area contributed by atoms with Crippen LogP contribution in [0.5, 0.6) is 11.5 Å². The van der Waals surface area contributed by atoms with E-state index in [1.807, 2.05) is 0 Å². The average molecular weight is 306 g/mol. The molecule has 3 rings (SSSR count). The van der Waals surface area contributed by atoms with Crippen LogP contribution in [0, 0.1) is 11.8 Å². The van der Waals surface area contributed by atoms with Crippen LogP contribution in [0.4, 0.5) is 0 Å². The summed E-state index contributed by atoms with van der Waals surface area (Å²) in [7, 11) is 0. The average Bonchev–Trinajstić information content (AvgIpc) is 2.88. The van der Waals surface area contributed by atoms with Crippen molar-refractivity contribution in [2.75, 3.05) is 0 Å². The van der Waals surface area contributed by atoms with E-state index < -0.39 is 41.2 Å². The number of benzene rings is 1. The van der Waals surface area contributed by atoms with Gasteiger partial charge in [0.15, 0.2) is 0 Å². The lowest BCUT2D eigenvalue weighted by atomic mass is 9.80. The highest BCUT2D eigenvalue weighted by Crippen LogP contribution is 2.48. The third-order valence-electron chi connectivity index (χ3n) is 4.42. The van der Waals surface area contributed by atoms with Crippen molar-refractivity contribution in [1.82, 2.24) is 10.6 Å². The maximum absolute atomic E-state index is 12.0. The van der Waals surface area contributed by atoms with Gasteiger partial charge in [-0.2, -0.15) is 0 Å². The zero-order valence-corrected chi connectivity index (χ0v) is 11.5. The Kier molecular flexibility index (Phi) is 2.89. The molecule has 4 unspecified atom stereocenters. The molecule has 5 N–H and O–H groups in total. The number of rotatable bonds is 2. The zero-order valence-electron chi connectivity index (χ0n) is 11.5. The lowest BCUT2D eigenvalue weighted by Gasteiger charge is -2.25. The van der Waals surface area contributed by atoms with Crippen LogP contribution in [0.2, 0.25) is 0 Å². The van der Waals surface area contributed by atoms with Crippen molar-refractivity contribution in [3.05, 3.63) is 23.8 Å². The minimum absolute atomic E-state index is 0.163. The third-order valence-corrected chi connectivity index (χ3v) is 4.42. The summed E-state index contributed by atoms with van der Waals surface area (Å²) in [5.41, 5.74) is -1.38. The molecule has 8 heteroatoms. The van der Waals surface area contributed by atoms with Gasteiger partial charge in [-0.25, -0.2) is 0 Å². The summed E-state index contributed by atoms with van der Waals surface area (Å²) in [4.78, 5) is 35.6. The van der Waals surface area contributed by atoms with Gasteiger partial charge >= 0.3 is 5.97 Å². The molecule has 1 aromatic carbocycles. The molecule has 4 atom stereocenters. The minimum atomic E-state index is -1.63. The highest BCUT2D eigenvalue weighted by atomic mass is 16.4. The molecule has 2 aliphatic heterocycles. The van der Waals surface area contributed by atoms with Crippen LogP contribution in [0.1, 0.15) is 18.5 Å². The number of carboxylic acid groups (broad SMARTS) is 1. The first-order valence-corrected chi connectivity index (χ1v) is 6.63. The predicted octanol–water partition coefficient (Wildman–Crippen LogP) is -0.526. The number of aromatic hydroxyl groups is 2. The fourth-order valence-corrected chi connectivity index (χ4v) is 3.33. The fourth-order valence-electron chi connectivity index (χ4n) is 3.33. The third kappa shape index (κ3) is 1.77. The van der Waals surface area contributed by atoms with E-state index in [0.29, 0.717) is 0 Å². The number of hydrogen-bond donors (Lipinski definition) is 5. The first-order valence-electron chi connectivity index (χ1n) is 6.63. The van der Waals surface area contributed by atoms with E-state index in [2.05, 4.69) is 10.6 Å². The van der Waals surface area contributed by atoms with E-state index in [4.69, 9.17) is 0 Å². The molecule has 0 spiro atoms. The Morgan fingerprint density at radius 2 is 1.91 bits per heavy atom. The normalized spacial score (nSPS) is 33.6. The molecule has 116 valence electrons. The number of carbonyl (C=O) groups is 3. The Bertz CT molecular complexity index is 703. The molecule has 0 aliphatic carbocycles. The molecule has 22 heavy (non-hydrogen) atoms. The van der Waals surface area contributed by atoms with Gasteiger partial charge in [-0.1, -0.05) is 6.07 Å². The highest BCUT2D eigenvalue weighted by molar-refractivity contribution is 6.09. The smallest absolute Gasteiger partial charge is 0.324 e. The van der Waals surface area contributed by atoms with E-state index >= 15 is 0 Å². The quantitative estimate of drug-likeness (QED) is 0.463. The maximum Gasteiger partial charge on any atom is 0.324 e. The van der Waals surface area contributed by atoms with Gasteiger partial charge in [0.05, 0.1) is 11.8 Å². The molecule has 8 nitrogen and oxygen atoms in total. The second kappa shape index (κ2) is 4.44. The molecule has 2 aliphatic rings. The van der Waals surface area contributed by atoms with Gasteiger partial charge in [0, 0.05) is 17.7 Å². The van der Waals surface area contributed by atoms with Gasteiger partial charge in [0.2, 0.25) is 11.8 Å². The summed E-state index contributed by atoms with van der Waals surface area (Å²) >= 11 is 0. The van der Waals surface area contributed by atoms with Gasteiger partial charge in [0.25, 0.3) is 0 Å². The summed E-state index contributed by atoms with van der Waals surface area (Å²) < 4.78 is 0. The van der Waals surface area contributed by atoms with Gasteiger partial charge in [-0.05, 0) is 13.0 Å². The van der Waals surface area contributed by atoms with Crippen molar-refractivity contribution < 1.29 is 29.7 Å². The van der Waals surface area contributed by atoms with Crippen molar-refractivity contribution in [1.29, 1.82) is 0 Å². The summed E-state index contributed by atoms with van der Waals surface area (Å²) in [6.07, 6.45) is 0. The molecule has 2 saturated heterocycles. The Morgan fingerprint density at radius 3 is 2.50 bits per heavy atom. The molecule has 2 heterocycles. The number of amides is 2. The topological polar surface area (TPSA) is 136 Å². The van der Waals surface area contributed by atoms with Crippen LogP contribution < -0.4 is 10.6 Å². The van der Waals surface area contributed by atoms with Gasteiger partial charge in [-0.15, -0.1) is 0 Å². The van der Waals surface area contributed by atoms with Crippen LogP contribution in [0.3, 0.4) is 0 Å². The molecule has 0 bridgehead atoms. The number of hydrogen-bond acceptors (Lipinski definition) is 6. The number of aliphatic carboxylic acids is 1. The molecule has 2 fully saturated rings. The molecule has 0 aromatic heterocycles. The highest BCUT2D eigenvalue weighted by Gasteiger charge is 2.64. The van der Waals surface area contributed by atoms with Crippen molar-refractivity contribution in [2.24, 2.45) is 11.8 Å². The molecule has 0 saturated carbocycles. The monoisotopic (exact) mass is 306 g/mol. The number of phenolic OH excluding ortho intramolecular Hbond substituents is 2. The number of fused-ring (bicyclic) bond motifs is 1. The Labute approximate surface area is 124 Å². The maximum atomic E-state index is 12.0. The first kappa shape index (κ1) is 14.3. The number of nitrogens with one attached hydrogen (secondary N) is 2. The largest absolute Gasteiger partial charge is 0.508 e. The SMILES string of the molecule is CC1(C(=O)O)NC(c2ccc(O)cc2O)C2C(=O)NC(=O)C21. The standard InChI is InChI=1S/C14H14N2O6/c1-14(13(21)22)9-8(11(19)15-12(9)20)10(16-14)6-3-2-5(17)4-7(6)18/h2-4,8-10,16-18H,1H3,(H,21,22)(H,15,19,20). The fraction of sp³-hybridized carbons (Fsp3) is 0.357. The van der Waals surface area contributed by atoms with Crippen LogP contribution in [0.15, 0.2) is 18.2 Å². The van der Waals surface area contributed by atoms with E-state index in [1.165, 1.54) is 19.1 Å². The number of imide groups is 1. The van der Waals surface area contributed by atoms with Crippen molar-refractivity contribution >= 4 is 17.8 Å². The number of phenols is 2. The molecule has 0 radical (unpaired) electrons. The number of carboxylic acids is 1. The van der Waals surface area contributed by atoms with Crippen molar-refractivity contribution in [3.63, 3.8) is 0 Å². The lowest BCUT2D eigenvalue weighted by molar-refractivity contribution is -0.148. The summed E-state index contributed by atoms with van der Waals surface area (Å²) in [6, 6.07) is 2.95. The van der Waals surface area contributed by atoms with Gasteiger partial charge in [0.1, 0.15) is 17.0 Å². The van der Waals surface area contributed by atoms with E-state index in [-0.39, 0.29) is 17.1 Å². The molecular weight excluding hydrogens is 292 g/mol. The van der Waals surface area contributed by atoms with Crippen LogP contribution >= 0.6 is 0 Å². The second-order valence-corrected chi connectivity index (χ2v) is 5.73. The second-order valence-electron chi connectivity index (χ2n) is 5.73. The van der Waals surface area contributed by atoms with E-state index in [9.17, 15) is 29.7 Å². The van der Waals surface area contributed by atoms with Crippen molar-refractivity contribution in [2.45, 2.75) is 18.5 Å². The Hall–Kier alpha value is -2.61. The van der Waals surface area contributed by atoms with Crippen LogP contribution in [-0.4, -0.2) is 38.6 Å². The van der Waals surface area contributed by atoms with Crippen molar-refractivity contribution in [3.8, 4) is 11.5 Å². The predicted molar refractivity (Wildman–Crippen MR) is 71.8 cm³/mol. The Morgan fingerprint density at radius 1 is 1.23 bits per heavy atom.